The molecule has 0 fully saturated rings. The summed E-state index contributed by atoms with van der Waals surface area (Å²) in [5.41, 5.74) is 0. The monoisotopic (exact) mass is 317 g/mol. The van der Waals surface area contributed by atoms with Crippen LogP contribution in [0.25, 0.3) is 0 Å². The van der Waals surface area contributed by atoms with E-state index in [9.17, 15) is 0 Å². The summed E-state index contributed by atoms with van der Waals surface area (Å²) < 4.78 is 12.1. The topological polar surface area (TPSA) is 35.3 Å². The maximum Gasteiger partial charge on any atom is 0.399 e. The molecule has 2 rings (SSSR count). The lowest BCUT2D eigenvalue weighted by molar-refractivity contribution is 0.329. The Bertz CT molecular complexity index is 428. The summed E-state index contributed by atoms with van der Waals surface area (Å²) >= 11 is 6.76. The van der Waals surface area contributed by atoms with E-state index in [2.05, 4.69) is 36.8 Å². The van der Waals surface area contributed by atoms with Crippen molar-refractivity contribution >= 4 is 31.9 Å². The van der Waals surface area contributed by atoms with Crippen LogP contribution in [0.4, 0.5) is 0 Å². The van der Waals surface area contributed by atoms with E-state index in [0.29, 0.717) is 5.75 Å². The Morgan fingerprint density at radius 3 is 2.86 bits per heavy atom. The molecule has 0 saturated heterocycles. The minimum Gasteiger partial charge on any atom is -0.417 e. The van der Waals surface area contributed by atoms with Gasteiger partial charge in [-0.3, -0.25) is 0 Å². The number of hydrogen-bond acceptors (Lipinski definition) is 3. The average Bonchev–Trinajstić information content (AvgIpc) is 2.66. The molecule has 3 nitrogen and oxygen atoms in total. The molecule has 0 spiro atoms. The number of oxazole rings is 1. The normalized spacial score (nSPS) is 10.1. The Labute approximate surface area is 97.4 Å². The standard InChI is InChI=1S/C9H5Br2NO2/c10-6-2-1-3-7(8(6)11)14-9-12-4-5-13-9/h1-5H. The van der Waals surface area contributed by atoms with Gasteiger partial charge in [-0.1, -0.05) is 6.07 Å². The number of aromatic nitrogens is 1. The summed E-state index contributed by atoms with van der Waals surface area (Å²) in [5, 5.41) is 0. The fourth-order valence-electron chi connectivity index (χ4n) is 0.918. The second kappa shape index (κ2) is 4.14. The first kappa shape index (κ1) is 9.73. The van der Waals surface area contributed by atoms with Crippen molar-refractivity contribution in [2.45, 2.75) is 0 Å². The molecule has 2 aromatic rings. The van der Waals surface area contributed by atoms with Crippen molar-refractivity contribution in [1.29, 1.82) is 0 Å². The Hall–Kier alpha value is -0.810. The van der Waals surface area contributed by atoms with Gasteiger partial charge in [-0.2, -0.15) is 4.98 Å². The minimum absolute atomic E-state index is 0.226. The van der Waals surface area contributed by atoms with Crippen molar-refractivity contribution in [1.82, 2.24) is 4.98 Å². The van der Waals surface area contributed by atoms with Crippen LogP contribution in [0.2, 0.25) is 0 Å². The van der Waals surface area contributed by atoms with Crippen LogP contribution >= 0.6 is 31.9 Å². The first-order valence-corrected chi connectivity index (χ1v) is 5.37. The van der Waals surface area contributed by atoms with Crippen molar-refractivity contribution in [2.75, 3.05) is 0 Å². The summed E-state index contributed by atoms with van der Waals surface area (Å²) in [6.45, 7) is 0. The molecule has 0 aliphatic heterocycles. The molecule has 0 bridgehead atoms. The average molecular weight is 319 g/mol. The van der Waals surface area contributed by atoms with Crippen LogP contribution in [-0.4, -0.2) is 4.98 Å². The molecule has 0 aliphatic carbocycles. The minimum atomic E-state index is 0.226. The van der Waals surface area contributed by atoms with Gasteiger partial charge in [0.2, 0.25) is 0 Å². The Morgan fingerprint density at radius 2 is 2.14 bits per heavy atom. The van der Waals surface area contributed by atoms with Gasteiger partial charge in [0, 0.05) is 4.47 Å². The first-order valence-electron chi connectivity index (χ1n) is 3.79. The van der Waals surface area contributed by atoms with Gasteiger partial charge in [-0.15, -0.1) is 0 Å². The van der Waals surface area contributed by atoms with Crippen LogP contribution < -0.4 is 4.74 Å². The van der Waals surface area contributed by atoms with Crippen LogP contribution in [0, 0.1) is 0 Å². The summed E-state index contributed by atoms with van der Waals surface area (Å²) in [6.07, 6.45) is 3.21. The van der Waals surface area contributed by atoms with Gasteiger partial charge >= 0.3 is 6.08 Å². The molecule has 1 heterocycles. The molecular weight excluding hydrogens is 314 g/mol. The smallest absolute Gasteiger partial charge is 0.399 e. The van der Waals surface area contributed by atoms with E-state index < -0.39 is 0 Å². The maximum absolute atomic E-state index is 5.38. The molecule has 1 aromatic heterocycles. The predicted molar refractivity (Wildman–Crippen MR) is 58.4 cm³/mol. The van der Waals surface area contributed by atoms with Gasteiger partial charge in [0.05, 0.1) is 10.7 Å². The lowest BCUT2D eigenvalue weighted by atomic mass is 10.3. The highest BCUT2D eigenvalue weighted by atomic mass is 79.9. The van der Waals surface area contributed by atoms with Crippen molar-refractivity contribution in [3.63, 3.8) is 0 Å². The molecule has 0 radical (unpaired) electrons. The third-order valence-corrected chi connectivity index (χ3v) is 3.53. The van der Waals surface area contributed by atoms with Gasteiger partial charge in [0.15, 0.2) is 0 Å². The van der Waals surface area contributed by atoms with Gasteiger partial charge in [0.25, 0.3) is 0 Å². The van der Waals surface area contributed by atoms with E-state index in [-0.39, 0.29) is 6.08 Å². The predicted octanol–water partition coefficient (Wildman–Crippen LogP) is 3.99. The van der Waals surface area contributed by atoms with E-state index in [0.717, 1.165) is 8.95 Å². The van der Waals surface area contributed by atoms with Gasteiger partial charge in [0.1, 0.15) is 12.0 Å². The molecular formula is C9H5Br2NO2. The first-order chi connectivity index (χ1) is 6.77. The van der Waals surface area contributed by atoms with Gasteiger partial charge in [-0.05, 0) is 44.0 Å². The number of rotatable bonds is 2. The number of benzene rings is 1. The fourth-order valence-corrected chi connectivity index (χ4v) is 1.61. The second-order valence-corrected chi connectivity index (χ2v) is 4.10. The Kier molecular flexibility index (Phi) is 2.88. The van der Waals surface area contributed by atoms with Crippen LogP contribution in [0.5, 0.6) is 11.8 Å². The van der Waals surface area contributed by atoms with Crippen molar-refractivity contribution in [3.05, 3.63) is 39.6 Å². The molecule has 72 valence electrons. The third-order valence-electron chi connectivity index (χ3n) is 1.52. The highest BCUT2D eigenvalue weighted by molar-refractivity contribution is 9.13. The number of hydrogen-bond donors (Lipinski definition) is 0. The molecule has 1 aromatic carbocycles. The highest BCUT2D eigenvalue weighted by Crippen LogP contribution is 2.34. The molecule has 0 amide bonds. The highest BCUT2D eigenvalue weighted by Gasteiger charge is 2.07. The summed E-state index contributed by atoms with van der Waals surface area (Å²) in [4.78, 5) is 3.86. The third kappa shape index (κ3) is 1.99. The summed E-state index contributed by atoms with van der Waals surface area (Å²) in [5.74, 6) is 0.654. The molecule has 0 N–H and O–H groups in total. The maximum atomic E-state index is 5.38. The molecule has 0 saturated carbocycles. The Balaban J connectivity index is 2.29. The zero-order valence-corrected chi connectivity index (χ0v) is 10.1. The lowest BCUT2D eigenvalue weighted by Gasteiger charge is -2.04. The van der Waals surface area contributed by atoms with Gasteiger partial charge in [-0.25, -0.2) is 0 Å². The van der Waals surface area contributed by atoms with Gasteiger partial charge < -0.3 is 9.15 Å². The largest absolute Gasteiger partial charge is 0.417 e. The molecule has 0 aliphatic rings. The van der Waals surface area contributed by atoms with Crippen LogP contribution in [0.1, 0.15) is 0 Å². The molecule has 0 unspecified atom stereocenters. The zero-order valence-electron chi connectivity index (χ0n) is 6.91. The van der Waals surface area contributed by atoms with E-state index in [4.69, 9.17) is 9.15 Å². The van der Waals surface area contributed by atoms with E-state index in [1.807, 2.05) is 18.2 Å². The van der Waals surface area contributed by atoms with E-state index in [1.54, 1.807) is 0 Å². The van der Waals surface area contributed by atoms with E-state index >= 15 is 0 Å². The quantitative estimate of drug-likeness (QED) is 0.839. The molecule has 5 heteroatoms. The summed E-state index contributed by atoms with van der Waals surface area (Å²) in [6, 6.07) is 5.60. The Morgan fingerprint density at radius 1 is 1.29 bits per heavy atom. The molecule has 14 heavy (non-hydrogen) atoms. The van der Waals surface area contributed by atoms with Crippen LogP contribution in [0.15, 0.2) is 44.0 Å². The summed E-state index contributed by atoms with van der Waals surface area (Å²) in [7, 11) is 0. The van der Waals surface area contributed by atoms with E-state index in [1.165, 1.54) is 12.5 Å². The lowest BCUT2D eigenvalue weighted by Crippen LogP contribution is -1.85. The molecule has 0 atom stereocenters. The number of halogens is 2. The zero-order chi connectivity index (χ0) is 9.97. The van der Waals surface area contributed by atoms with Crippen LogP contribution in [-0.2, 0) is 0 Å². The SMILES string of the molecule is Brc1cccc(Oc2ncco2)c1Br. The second-order valence-electron chi connectivity index (χ2n) is 2.45. The number of ether oxygens (including phenoxy) is 1. The number of nitrogens with zero attached hydrogens (tertiary/aromatic N) is 1. The van der Waals surface area contributed by atoms with Crippen molar-refractivity contribution < 1.29 is 9.15 Å². The van der Waals surface area contributed by atoms with Crippen LogP contribution in [0.3, 0.4) is 0 Å². The van der Waals surface area contributed by atoms with Crippen molar-refractivity contribution in [2.24, 2.45) is 0 Å². The van der Waals surface area contributed by atoms with Crippen molar-refractivity contribution in [3.8, 4) is 11.8 Å². The fraction of sp³-hybridized carbons (Fsp3) is 0.